The van der Waals surface area contributed by atoms with Gasteiger partial charge in [0.15, 0.2) is 0 Å². The van der Waals surface area contributed by atoms with Crippen LogP contribution in [0.2, 0.25) is 0 Å². The predicted molar refractivity (Wildman–Crippen MR) is 89.2 cm³/mol. The maximum atomic E-state index is 13.1. The molecule has 3 amide bonds. The van der Waals surface area contributed by atoms with Crippen LogP contribution in [0.3, 0.4) is 0 Å². The van der Waals surface area contributed by atoms with Crippen LogP contribution in [0, 0.1) is 11.3 Å². The molecule has 120 valence electrons. The molecular weight excluding hydrogens is 322 g/mol. The molecule has 5 nitrogen and oxygen atoms in total. The molecule has 0 bridgehead atoms. The third-order valence-corrected chi connectivity index (χ3v) is 5.74. The minimum atomic E-state index is -0.892. The average molecular weight is 337 g/mol. The summed E-state index contributed by atoms with van der Waals surface area (Å²) in [4.78, 5) is 28.0. The summed E-state index contributed by atoms with van der Waals surface area (Å²) in [6.07, 6.45) is 2.50. The first kappa shape index (κ1) is 14.9. The Morgan fingerprint density at radius 3 is 2.79 bits per heavy atom. The highest BCUT2D eigenvalue weighted by atomic mass is 32.1. The van der Waals surface area contributed by atoms with Crippen molar-refractivity contribution in [2.45, 2.75) is 31.3 Å². The zero-order chi connectivity index (χ0) is 16.7. The topological polar surface area (TPSA) is 73.2 Å². The Morgan fingerprint density at radius 2 is 2.04 bits per heavy atom. The summed E-state index contributed by atoms with van der Waals surface area (Å²) in [7, 11) is 0. The number of thiophene rings is 1. The Bertz CT molecular complexity index is 865. The molecule has 2 aromatic rings. The molecule has 1 aliphatic carbocycles. The number of amides is 3. The minimum Gasteiger partial charge on any atom is -0.319 e. The maximum absolute atomic E-state index is 13.1. The van der Waals surface area contributed by atoms with Gasteiger partial charge in [0, 0.05) is 10.4 Å². The van der Waals surface area contributed by atoms with E-state index in [9.17, 15) is 9.59 Å². The Hall–Kier alpha value is -2.65. The summed E-state index contributed by atoms with van der Waals surface area (Å²) in [5, 5.41) is 13.8. The first-order valence-electron chi connectivity index (χ1n) is 7.84. The highest BCUT2D eigenvalue weighted by Gasteiger charge is 2.54. The number of carbonyl (C=O) groups excluding carboxylic acids is 2. The van der Waals surface area contributed by atoms with Gasteiger partial charge in [0.25, 0.3) is 5.91 Å². The molecule has 4 rings (SSSR count). The summed E-state index contributed by atoms with van der Waals surface area (Å²) in [5.74, 6) is -0.170. The van der Waals surface area contributed by atoms with E-state index in [1.165, 1.54) is 9.78 Å². The van der Waals surface area contributed by atoms with Crippen molar-refractivity contribution in [1.82, 2.24) is 10.2 Å². The molecule has 1 fully saturated rings. The van der Waals surface area contributed by atoms with Crippen molar-refractivity contribution >= 4 is 23.3 Å². The number of hydrogen-bond donors (Lipinski definition) is 1. The quantitative estimate of drug-likeness (QED) is 0.856. The second-order valence-electron chi connectivity index (χ2n) is 6.15. The lowest BCUT2D eigenvalue weighted by Crippen LogP contribution is -2.46. The van der Waals surface area contributed by atoms with Gasteiger partial charge in [0.05, 0.1) is 18.2 Å². The van der Waals surface area contributed by atoms with Crippen LogP contribution >= 0.6 is 11.3 Å². The van der Waals surface area contributed by atoms with Crippen LogP contribution < -0.4 is 5.32 Å². The summed E-state index contributed by atoms with van der Waals surface area (Å²) < 4.78 is 0. The van der Waals surface area contributed by atoms with Crippen LogP contribution in [0.1, 0.15) is 34.4 Å². The van der Waals surface area contributed by atoms with E-state index in [0.717, 1.165) is 24.0 Å². The lowest BCUT2D eigenvalue weighted by molar-refractivity contribution is -0.132. The monoisotopic (exact) mass is 337 g/mol. The van der Waals surface area contributed by atoms with Gasteiger partial charge in [-0.25, -0.2) is 4.79 Å². The smallest absolute Gasteiger partial charge is 0.319 e. The number of imide groups is 1. The van der Waals surface area contributed by atoms with Gasteiger partial charge >= 0.3 is 6.03 Å². The van der Waals surface area contributed by atoms with Gasteiger partial charge in [0.2, 0.25) is 0 Å². The van der Waals surface area contributed by atoms with Crippen LogP contribution in [0.25, 0.3) is 0 Å². The van der Waals surface area contributed by atoms with Crippen molar-refractivity contribution in [2.75, 3.05) is 0 Å². The molecule has 1 aromatic carbocycles. The fourth-order valence-corrected chi connectivity index (χ4v) is 4.55. The van der Waals surface area contributed by atoms with E-state index in [-0.39, 0.29) is 18.5 Å². The first-order chi connectivity index (χ1) is 11.6. The van der Waals surface area contributed by atoms with E-state index in [2.05, 4.69) is 11.4 Å². The number of nitriles is 1. The van der Waals surface area contributed by atoms with E-state index in [4.69, 9.17) is 5.26 Å². The number of aryl methyl sites for hydroxylation is 1. The Labute approximate surface area is 143 Å². The molecule has 1 saturated heterocycles. The molecular formula is C18H15N3O2S. The fraction of sp³-hybridized carbons (Fsp3) is 0.278. The molecule has 6 heteroatoms. The number of urea groups is 1. The van der Waals surface area contributed by atoms with Crippen LogP contribution in [0.4, 0.5) is 4.79 Å². The third kappa shape index (κ3) is 2.13. The highest BCUT2D eigenvalue weighted by Crippen LogP contribution is 2.42. The second-order valence-corrected chi connectivity index (χ2v) is 7.15. The fourth-order valence-electron chi connectivity index (χ4n) is 3.55. The number of nitrogens with zero attached hydrogens (tertiary/aromatic N) is 2. The largest absolute Gasteiger partial charge is 0.325 e. The highest BCUT2D eigenvalue weighted by molar-refractivity contribution is 7.10. The predicted octanol–water partition coefficient (Wildman–Crippen LogP) is 2.90. The molecule has 1 N–H and O–H groups in total. The minimum absolute atomic E-state index is 0.170. The van der Waals surface area contributed by atoms with Gasteiger partial charge in [-0.1, -0.05) is 12.1 Å². The zero-order valence-corrected chi connectivity index (χ0v) is 13.7. The molecule has 24 heavy (non-hydrogen) atoms. The number of rotatable bonds is 2. The first-order valence-corrected chi connectivity index (χ1v) is 8.72. The molecule has 1 spiro atoms. The molecule has 0 unspecified atom stereocenters. The van der Waals surface area contributed by atoms with Crippen LogP contribution in [-0.4, -0.2) is 16.8 Å². The van der Waals surface area contributed by atoms with E-state index in [0.29, 0.717) is 12.0 Å². The Kier molecular flexibility index (Phi) is 3.39. The van der Waals surface area contributed by atoms with E-state index in [1.807, 2.05) is 11.4 Å². The summed E-state index contributed by atoms with van der Waals surface area (Å²) in [6.45, 7) is 0.220. The normalized spacial score (nSPS) is 22.4. The molecule has 1 aliphatic heterocycles. The van der Waals surface area contributed by atoms with Crippen molar-refractivity contribution in [1.29, 1.82) is 5.26 Å². The van der Waals surface area contributed by atoms with Crippen molar-refractivity contribution in [2.24, 2.45) is 0 Å². The van der Waals surface area contributed by atoms with Crippen molar-refractivity contribution in [3.8, 4) is 6.07 Å². The lowest BCUT2D eigenvalue weighted by Gasteiger charge is -2.31. The number of nitrogens with one attached hydrogen (secondary N) is 1. The molecule has 2 aliphatic rings. The number of hydrogen-bond acceptors (Lipinski definition) is 4. The SMILES string of the molecule is N#Cc1ccc(CN2C(=O)N[C@]3(CCCc4sccc43)C2=O)cc1. The number of carbonyl (C=O) groups is 2. The van der Waals surface area contributed by atoms with E-state index in [1.54, 1.807) is 35.6 Å². The Balaban J connectivity index is 1.64. The Morgan fingerprint density at radius 1 is 1.25 bits per heavy atom. The van der Waals surface area contributed by atoms with Gasteiger partial charge < -0.3 is 5.32 Å². The standard InChI is InChI=1S/C18H15N3O2S/c19-10-12-3-5-13(6-4-12)11-21-16(22)18(20-17(21)23)8-1-2-15-14(18)7-9-24-15/h3-7,9H,1-2,8,11H2,(H,20,23)/t18-/m0/s1. The van der Waals surface area contributed by atoms with Crippen LogP contribution in [-0.2, 0) is 23.3 Å². The van der Waals surface area contributed by atoms with E-state index < -0.39 is 5.54 Å². The summed E-state index contributed by atoms with van der Waals surface area (Å²) in [5.41, 5.74) is 1.45. The van der Waals surface area contributed by atoms with Crippen molar-refractivity contribution in [3.05, 3.63) is 57.3 Å². The van der Waals surface area contributed by atoms with Gasteiger partial charge in [-0.3, -0.25) is 9.69 Å². The molecule has 1 aromatic heterocycles. The summed E-state index contributed by atoms with van der Waals surface area (Å²) >= 11 is 1.65. The van der Waals surface area contributed by atoms with Gasteiger partial charge in [-0.05, 0) is 48.4 Å². The number of benzene rings is 1. The van der Waals surface area contributed by atoms with Crippen molar-refractivity contribution in [3.63, 3.8) is 0 Å². The average Bonchev–Trinajstić information content (AvgIpc) is 3.16. The summed E-state index contributed by atoms with van der Waals surface area (Å²) in [6, 6.07) is 10.6. The lowest BCUT2D eigenvalue weighted by atomic mass is 9.80. The maximum Gasteiger partial charge on any atom is 0.325 e. The van der Waals surface area contributed by atoms with Gasteiger partial charge in [-0.2, -0.15) is 5.26 Å². The zero-order valence-electron chi connectivity index (χ0n) is 12.9. The van der Waals surface area contributed by atoms with Crippen LogP contribution in [0.5, 0.6) is 0 Å². The van der Waals surface area contributed by atoms with Gasteiger partial charge in [0.1, 0.15) is 5.54 Å². The van der Waals surface area contributed by atoms with Crippen molar-refractivity contribution < 1.29 is 9.59 Å². The molecule has 0 saturated carbocycles. The van der Waals surface area contributed by atoms with Crippen LogP contribution in [0.15, 0.2) is 35.7 Å². The van der Waals surface area contributed by atoms with Gasteiger partial charge in [-0.15, -0.1) is 11.3 Å². The molecule has 1 atom stereocenters. The number of fused-ring (bicyclic) bond motifs is 2. The third-order valence-electron chi connectivity index (χ3n) is 4.76. The molecule has 0 radical (unpaired) electrons. The molecule has 2 heterocycles. The van der Waals surface area contributed by atoms with E-state index >= 15 is 0 Å². The second kappa shape index (κ2) is 5.46.